The lowest BCUT2D eigenvalue weighted by Crippen LogP contribution is -2.48. The van der Waals surface area contributed by atoms with E-state index in [9.17, 15) is 9.59 Å². The predicted octanol–water partition coefficient (Wildman–Crippen LogP) is 0.982. The monoisotopic (exact) mass is 271 g/mol. The van der Waals surface area contributed by atoms with E-state index in [4.69, 9.17) is 9.84 Å². The lowest BCUT2D eigenvalue weighted by molar-refractivity contribution is -0.146. The van der Waals surface area contributed by atoms with E-state index in [1.807, 2.05) is 0 Å². The molecule has 0 aliphatic carbocycles. The highest BCUT2D eigenvalue weighted by Crippen LogP contribution is 2.26. The number of carboxylic acid groups (broad SMARTS) is 1. The number of carbonyl (C=O) groups excluding carboxylic acids is 1. The number of ether oxygens (including phenoxy) is 1. The number of hydrogen-bond donors (Lipinski definition) is 2. The van der Waals surface area contributed by atoms with Crippen molar-refractivity contribution in [2.75, 3.05) is 0 Å². The van der Waals surface area contributed by atoms with Gasteiger partial charge in [-0.1, -0.05) is 15.9 Å². The molecule has 78 valence electrons. The Bertz CT molecular complexity index is 446. The van der Waals surface area contributed by atoms with E-state index < -0.39 is 18.1 Å². The highest BCUT2D eigenvalue weighted by molar-refractivity contribution is 9.10. The molecule has 1 aliphatic heterocycles. The van der Waals surface area contributed by atoms with Gasteiger partial charge in [0, 0.05) is 4.47 Å². The summed E-state index contributed by atoms with van der Waals surface area (Å²) >= 11 is 3.21. The minimum atomic E-state index is -1.31. The van der Waals surface area contributed by atoms with Gasteiger partial charge >= 0.3 is 5.97 Å². The number of fused-ring (bicyclic) bond motifs is 1. The highest BCUT2D eigenvalue weighted by atomic mass is 79.9. The first-order chi connectivity index (χ1) is 7.08. The zero-order valence-electron chi connectivity index (χ0n) is 7.36. The van der Waals surface area contributed by atoms with Crippen LogP contribution in [0.5, 0.6) is 5.75 Å². The molecule has 1 heterocycles. The minimum Gasteiger partial charge on any atom is -0.477 e. The molecular weight excluding hydrogens is 266 g/mol. The largest absolute Gasteiger partial charge is 0.477 e. The molecule has 0 unspecified atom stereocenters. The van der Waals surface area contributed by atoms with Crippen LogP contribution >= 0.6 is 15.9 Å². The van der Waals surface area contributed by atoms with Crippen LogP contribution in [-0.2, 0) is 4.79 Å². The Morgan fingerprint density at radius 2 is 2.27 bits per heavy atom. The maximum Gasteiger partial charge on any atom is 0.366 e. The average molecular weight is 272 g/mol. The van der Waals surface area contributed by atoms with Crippen molar-refractivity contribution in [3.8, 4) is 5.75 Å². The Kier molecular flexibility index (Phi) is 2.36. The van der Waals surface area contributed by atoms with E-state index in [2.05, 4.69) is 21.2 Å². The molecule has 0 saturated heterocycles. The number of hydrogen-bond acceptors (Lipinski definition) is 3. The molecule has 1 aliphatic rings. The van der Waals surface area contributed by atoms with Crippen molar-refractivity contribution in [3.63, 3.8) is 0 Å². The predicted molar refractivity (Wildman–Crippen MR) is 53.7 cm³/mol. The quantitative estimate of drug-likeness (QED) is 0.799. The van der Waals surface area contributed by atoms with Gasteiger partial charge < -0.3 is 15.2 Å². The molecule has 0 saturated carbocycles. The third-order valence-electron chi connectivity index (χ3n) is 1.92. The van der Waals surface area contributed by atoms with Crippen molar-refractivity contribution in [1.29, 1.82) is 0 Å². The van der Waals surface area contributed by atoms with Gasteiger partial charge in [-0.05, 0) is 18.2 Å². The van der Waals surface area contributed by atoms with Gasteiger partial charge in [-0.2, -0.15) is 0 Å². The summed E-state index contributed by atoms with van der Waals surface area (Å²) in [5.41, 5.74) is 0.321. The van der Waals surface area contributed by atoms with E-state index in [1.165, 1.54) is 0 Å². The molecule has 2 N–H and O–H groups in total. The number of carboxylic acids is 1. The van der Waals surface area contributed by atoms with Crippen molar-refractivity contribution in [3.05, 3.63) is 28.2 Å². The maximum atomic E-state index is 11.5. The van der Waals surface area contributed by atoms with E-state index >= 15 is 0 Å². The van der Waals surface area contributed by atoms with Crippen LogP contribution in [0.15, 0.2) is 22.7 Å². The number of rotatable bonds is 1. The maximum absolute atomic E-state index is 11.5. The second kappa shape index (κ2) is 3.54. The summed E-state index contributed by atoms with van der Waals surface area (Å²) in [5.74, 6) is -1.41. The van der Waals surface area contributed by atoms with Crippen LogP contribution in [0.25, 0.3) is 0 Å². The molecule has 1 aromatic rings. The number of aliphatic carboxylic acids is 1. The van der Waals surface area contributed by atoms with Gasteiger partial charge in [0.1, 0.15) is 5.75 Å². The summed E-state index contributed by atoms with van der Waals surface area (Å²) in [6.45, 7) is 0. The summed E-state index contributed by atoms with van der Waals surface area (Å²) in [7, 11) is 0. The first-order valence-electron chi connectivity index (χ1n) is 4.08. The molecule has 0 radical (unpaired) electrons. The third-order valence-corrected chi connectivity index (χ3v) is 2.41. The number of benzene rings is 1. The molecule has 0 aromatic heterocycles. The lowest BCUT2D eigenvalue weighted by Gasteiger charge is -2.23. The number of nitrogens with one attached hydrogen (secondary N) is 1. The fourth-order valence-corrected chi connectivity index (χ4v) is 1.61. The first kappa shape index (κ1) is 9.97. The van der Waals surface area contributed by atoms with Crippen molar-refractivity contribution in [1.82, 2.24) is 5.32 Å². The molecular formula is C9H6BrNO4. The second-order valence-electron chi connectivity index (χ2n) is 2.95. The van der Waals surface area contributed by atoms with Gasteiger partial charge in [0.25, 0.3) is 12.1 Å². The van der Waals surface area contributed by atoms with Gasteiger partial charge in [0.05, 0.1) is 5.56 Å². The number of halogens is 1. The Labute approximate surface area is 93.2 Å². The molecule has 1 atom stereocenters. The molecule has 2 rings (SSSR count). The van der Waals surface area contributed by atoms with Crippen molar-refractivity contribution in [2.24, 2.45) is 0 Å². The van der Waals surface area contributed by atoms with E-state index in [-0.39, 0.29) is 5.75 Å². The van der Waals surface area contributed by atoms with Crippen LogP contribution < -0.4 is 10.1 Å². The molecule has 6 heteroatoms. The minimum absolute atomic E-state index is 0.273. The van der Waals surface area contributed by atoms with Crippen LogP contribution in [-0.4, -0.2) is 23.2 Å². The summed E-state index contributed by atoms with van der Waals surface area (Å²) in [6.07, 6.45) is -1.31. The topological polar surface area (TPSA) is 75.6 Å². The summed E-state index contributed by atoms with van der Waals surface area (Å²) in [6, 6.07) is 4.80. The van der Waals surface area contributed by atoms with Gasteiger partial charge in [0.2, 0.25) is 0 Å². The Morgan fingerprint density at radius 1 is 1.53 bits per heavy atom. The summed E-state index contributed by atoms with van der Waals surface area (Å²) in [5, 5.41) is 10.9. The fourth-order valence-electron chi connectivity index (χ4n) is 1.25. The van der Waals surface area contributed by atoms with Crippen molar-refractivity contribution >= 4 is 27.8 Å². The van der Waals surface area contributed by atoms with Crippen molar-refractivity contribution < 1.29 is 19.4 Å². The van der Waals surface area contributed by atoms with Crippen molar-refractivity contribution in [2.45, 2.75) is 6.23 Å². The Balaban J connectivity index is 2.41. The molecule has 0 fully saturated rings. The second-order valence-corrected chi connectivity index (χ2v) is 3.87. The number of carbonyl (C=O) groups is 2. The molecule has 1 amide bonds. The van der Waals surface area contributed by atoms with E-state index in [0.29, 0.717) is 5.56 Å². The first-order valence-corrected chi connectivity index (χ1v) is 4.87. The van der Waals surface area contributed by atoms with E-state index in [1.54, 1.807) is 18.2 Å². The van der Waals surface area contributed by atoms with Crippen LogP contribution in [0.2, 0.25) is 0 Å². The SMILES string of the molecule is O=C1N[C@@H](C(=O)O)Oc2ccc(Br)cc21. The van der Waals surface area contributed by atoms with Crippen LogP contribution in [0.4, 0.5) is 0 Å². The lowest BCUT2D eigenvalue weighted by atomic mass is 10.1. The summed E-state index contributed by atoms with van der Waals surface area (Å²) in [4.78, 5) is 22.1. The highest BCUT2D eigenvalue weighted by Gasteiger charge is 2.30. The molecule has 15 heavy (non-hydrogen) atoms. The fraction of sp³-hybridized carbons (Fsp3) is 0.111. The zero-order valence-corrected chi connectivity index (χ0v) is 8.95. The molecule has 0 spiro atoms. The van der Waals surface area contributed by atoms with Crippen LogP contribution in [0.1, 0.15) is 10.4 Å². The van der Waals surface area contributed by atoms with Gasteiger partial charge in [0.15, 0.2) is 0 Å². The van der Waals surface area contributed by atoms with Gasteiger partial charge in [-0.3, -0.25) is 4.79 Å². The average Bonchev–Trinajstić information content (AvgIpc) is 2.18. The summed E-state index contributed by atoms with van der Waals surface area (Å²) < 4.78 is 5.80. The standard InChI is InChI=1S/C9H6BrNO4/c10-4-1-2-6-5(3-4)7(12)11-8(15-6)9(13)14/h1-3,8H,(H,11,12)(H,13,14)/t8-/m1/s1. The molecule has 5 nitrogen and oxygen atoms in total. The molecule has 1 aromatic carbocycles. The Hall–Kier alpha value is -1.56. The zero-order chi connectivity index (χ0) is 11.0. The van der Waals surface area contributed by atoms with Crippen LogP contribution in [0.3, 0.4) is 0 Å². The smallest absolute Gasteiger partial charge is 0.366 e. The normalized spacial score (nSPS) is 18.7. The van der Waals surface area contributed by atoms with Crippen LogP contribution in [0, 0.1) is 0 Å². The number of amides is 1. The van der Waals surface area contributed by atoms with E-state index in [0.717, 1.165) is 4.47 Å². The van der Waals surface area contributed by atoms with Gasteiger partial charge in [-0.25, -0.2) is 4.79 Å². The van der Waals surface area contributed by atoms with Gasteiger partial charge in [-0.15, -0.1) is 0 Å². The molecule has 0 bridgehead atoms. The third kappa shape index (κ3) is 1.80. The Morgan fingerprint density at radius 3 is 2.93 bits per heavy atom.